The molecule has 0 aliphatic carbocycles. The Morgan fingerprint density at radius 2 is 2.35 bits per heavy atom. The van der Waals surface area contributed by atoms with Gasteiger partial charge in [0.2, 0.25) is 0 Å². The second kappa shape index (κ2) is 4.35. The fourth-order valence-corrected chi connectivity index (χ4v) is 3.32. The van der Waals surface area contributed by atoms with Crippen molar-refractivity contribution >= 4 is 5.69 Å². The Bertz CT molecular complexity index is 641. The zero-order valence-corrected chi connectivity index (χ0v) is 11.7. The number of hydrogen-bond donors (Lipinski definition) is 1. The van der Waals surface area contributed by atoms with Gasteiger partial charge in [0.25, 0.3) is 0 Å². The molecule has 0 amide bonds. The van der Waals surface area contributed by atoms with E-state index in [1.54, 1.807) is 0 Å². The maximum Gasteiger partial charge on any atom is 0.0956 e. The molecule has 4 rings (SSSR count). The third-order valence-corrected chi connectivity index (χ3v) is 4.54. The zero-order valence-electron chi connectivity index (χ0n) is 11.7. The number of aromatic nitrogens is 2. The second-order valence-corrected chi connectivity index (χ2v) is 5.96. The molecule has 4 heteroatoms. The molecule has 1 atom stereocenters. The predicted octanol–water partition coefficient (Wildman–Crippen LogP) is 2.65. The molecule has 1 N–H and O–H groups in total. The van der Waals surface area contributed by atoms with Gasteiger partial charge < -0.3 is 14.6 Å². The smallest absolute Gasteiger partial charge is 0.0956 e. The van der Waals surface area contributed by atoms with E-state index in [9.17, 15) is 0 Å². The second-order valence-electron chi connectivity index (χ2n) is 5.96. The molecule has 1 saturated heterocycles. The summed E-state index contributed by atoms with van der Waals surface area (Å²) in [5.41, 5.74) is 5.14. The molecule has 104 valence electrons. The van der Waals surface area contributed by atoms with Crippen molar-refractivity contribution in [2.24, 2.45) is 0 Å². The van der Waals surface area contributed by atoms with Gasteiger partial charge in [0.1, 0.15) is 0 Å². The minimum Gasteiger partial charge on any atom is -0.384 e. The van der Waals surface area contributed by atoms with E-state index in [1.165, 1.54) is 22.5 Å². The summed E-state index contributed by atoms with van der Waals surface area (Å²) in [6.07, 6.45) is 6.06. The number of hydrogen-bond acceptors (Lipinski definition) is 3. The average molecular weight is 269 g/mol. The van der Waals surface area contributed by atoms with Crippen LogP contribution < -0.4 is 5.32 Å². The Morgan fingerprint density at radius 3 is 3.20 bits per heavy atom. The van der Waals surface area contributed by atoms with Gasteiger partial charge in [0.05, 0.1) is 30.4 Å². The molecular weight excluding hydrogens is 250 g/mol. The van der Waals surface area contributed by atoms with E-state index in [2.05, 4.69) is 40.0 Å². The highest BCUT2D eigenvalue weighted by molar-refractivity contribution is 5.80. The summed E-state index contributed by atoms with van der Waals surface area (Å²) >= 11 is 0. The van der Waals surface area contributed by atoms with Crippen LogP contribution in [0.15, 0.2) is 30.7 Å². The number of ether oxygens (including phenoxy) is 1. The van der Waals surface area contributed by atoms with Crippen molar-refractivity contribution in [1.82, 2.24) is 9.55 Å². The summed E-state index contributed by atoms with van der Waals surface area (Å²) < 4.78 is 7.89. The van der Waals surface area contributed by atoms with Crippen LogP contribution >= 0.6 is 0 Å². The van der Waals surface area contributed by atoms with Gasteiger partial charge in [-0.2, -0.15) is 0 Å². The van der Waals surface area contributed by atoms with E-state index >= 15 is 0 Å². The quantitative estimate of drug-likeness (QED) is 0.911. The summed E-state index contributed by atoms with van der Waals surface area (Å²) in [7, 11) is 0. The molecule has 1 fully saturated rings. The van der Waals surface area contributed by atoms with Crippen molar-refractivity contribution in [3.63, 3.8) is 0 Å². The van der Waals surface area contributed by atoms with Crippen molar-refractivity contribution in [3.8, 4) is 11.3 Å². The highest BCUT2D eigenvalue weighted by atomic mass is 16.5. The fourth-order valence-electron chi connectivity index (χ4n) is 3.32. The first kappa shape index (κ1) is 12.0. The number of anilines is 1. The van der Waals surface area contributed by atoms with E-state index < -0.39 is 0 Å². The van der Waals surface area contributed by atoms with Gasteiger partial charge in [-0.15, -0.1) is 0 Å². The van der Waals surface area contributed by atoms with Crippen LogP contribution in [0.2, 0.25) is 0 Å². The van der Waals surface area contributed by atoms with Crippen molar-refractivity contribution in [2.45, 2.75) is 25.3 Å². The number of imidazole rings is 1. The van der Waals surface area contributed by atoms with Gasteiger partial charge in [-0.05, 0) is 25.3 Å². The summed E-state index contributed by atoms with van der Waals surface area (Å²) in [6, 6.07) is 6.54. The minimum atomic E-state index is 0.0210. The van der Waals surface area contributed by atoms with Crippen molar-refractivity contribution in [2.75, 3.05) is 25.1 Å². The molecule has 0 spiro atoms. The van der Waals surface area contributed by atoms with Gasteiger partial charge in [0.15, 0.2) is 0 Å². The van der Waals surface area contributed by atoms with Crippen LogP contribution in [-0.2, 0) is 16.7 Å². The number of nitrogens with zero attached hydrogens (tertiary/aromatic N) is 2. The first-order chi connectivity index (χ1) is 9.78. The molecule has 1 aromatic carbocycles. The van der Waals surface area contributed by atoms with E-state index in [-0.39, 0.29) is 5.54 Å². The van der Waals surface area contributed by atoms with Gasteiger partial charge in [-0.3, -0.25) is 0 Å². The first-order valence-electron chi connectivity index (χ1n) is 7.25. The van der Waals surface area contributed by atoms with E-state index in [4.69, 9.17) is 4.74 Å². The summed E-state index contributed by atoms with van der Waals surface area (Å²) in [5, 5.41) is 3.51. The molecule has 0 radical (unpaired) electrons. The SMILES string of the molecule is CC1(n2cncc2-c2cccc3c2NCC3)CCOC1. The van der Waals surface area contributed by atoms with Crippen LogP contribution in [0.1, 0.15) is 18.9 Å². The Balaban J connectivity index is 1.85. The number of nitrogens with one attached hydrogen (secondary N) is 1. The summed E-state index contributed by atoms with van der Waals surface area (Å²) in [4.78, 5) is 4.39. The molecule has 4 nitrogen and oxygen atoms in total. The average Bonchev–Trinajstić information content (AvgIpc) is 3.18. The summed E-state index contributed by atoms with van der Waals surface area (Å²) in [6.45, 7) is 4.88. The van der Waals surface area contributed by atoms with Gasteiger partial charge in [-0.25, -0.2) is 4.98 Å². The lowest BCUT2D eigenvalue weighted by Gasteiger charge is -2.26. The van der Waals surface area contributed by atoms with Crippen molar-refractivity contribution in [1.29, 1.82) is 0 Å². The van der Waals surface area contributed by atoms with E-state index in [0.29, 0.717) is 0 Å². The molecule has 2 aliphatic rings. The normalized spacial score (nSPS) is 24.6. The van der Waals surface area contributed by atoms with Crippen LogP contribution in [0.3, 0.4) is 0 Å². The lowest BCUT2D eigenvalue weighted by Crippen LogP contribution is -2.30. The van der Waals surface area contributed by atoms with Gasteiger partial charge >= 0.3 is 0 Å². The monoisotopic (exact) mass is 269 g/mol. The number of rotatable bonds is 2. The Labute approximate surface area is 118 Å². The van der Waals surface area contributed by atoms with Crippen molar-refractivity contribution in [3.05, 3.63) is 36.3 Å². The van der Waals surface area contributed by atoms with Crippen LogP contribution in [0.5, 0.6) is 0 Å². The lowest BCUT2D eigenvalue weighted by atomic mass is 9.99. The molecule has 3 heterocycles. The van der Waals surface area contributed by atoms with Crippen LogP contribution in [-0.4, -0.2) is 29.3 Å². The highest BCUT2D eigenvalue weighted by Crippen LogP contribution is 2.37. The van der Waals surface area contributed by atoms with E-state index in [0.717, 1.165) is 32.6 Å². The largest absolute Gasteiger partial charge is 0.384 e. The first-order valence-corrected chi connectivity index (χ1v) is 7.25. The highest BCUT2D eigenvalue weighted by Gasteiger charge is 2.33. The molecule has 2 aromatic rings. The minimum absolute atomic E-state index is 0.0210. The molecular formula is C16H19N3O. The Morgan fingerprint density at radius 1 is 1.40 bits per heavy atom. The standard InChI is InChI=1S/C16H19N3O/c1-16(6-8-20-10-16)19-11-17-9-14(19)13-4-2-3-12-5-7-18-15(12)13/h2-4,9,11,18H,5-8,10H2,1H3. The topological polar surface area (TPSA) is 39.1 Å². The maximum absolute atomic E-state index is 5.60. The predicted molar refractivity (Wildman–Crippen MR) is 78.9 cm³/mol. The molecule has 0 bridgehead atoms. The van der Waals surface area contributed by atoms with Gasteiger partial charge in [-0.1, -0.05) is 18.2 Å². The third kappa shape index (κ3) is 1.68. The molecule has 2 aliphatic heterocycles. The van der Waals surface area contributed by atoms with E-state index in [1.807, 2.05) is 12.5 Å². The van der Waals surface area contributed by atoms with Crippen LogP contribution in [0, 0.1) is 0 Å². The Hall–Kier alpha value is -1.81. The van der Waals surface area contributed by atoms with Gasteiger partial charge in [0, 0.05) is 24.4 Å². The number of fused-ring (bicyclic) bond motifs is 1. The number of para-hydroxylation sites is 1. The number of benzene rings is 1. The van der Waals surface area contributed by atoms with Crippen LogP contribution in [0.25, 0.3) is 11.3 Å². The molecule has 20 heavy (non-hydrogen) atoms. The summed E-state index contributed by atoms with van der Waals surface area (Å²) in [5.74, 6) is 0. The fraction of sp³-hybridized carbons (Fsp3) is 0.438. The molecule has 1 aromatic heterocycles. The zero-order chi connectivity index (χ0) is 13.6. The van der Waals surface area contributed by atoms with Crippen LogP contribution in [0.4, 0.5) is 5.69 Å². The molecule has 1 unspecified atom stereocenters. The third-order valence-electron chi connectivity index (χ3n) is 4.54. The lowest BCUT2D eigenvalue weighted by molar-refractivity contribution is 0.162. The molecule has 0 saturated carbocycles. The Kier molecular flexibility index (Phi) is 2.60. The van der Waals surface area contributed by atoms with Crippen molar-refractivity contribution < 1.29 is 4.74 Å². The maximum atomic E-state index is 5.60.